The molecule has 0 fully saturated rings. The molecule has 9 aromatic carbocycles. The van der Waals surface area contributed by atoms with E-state index < -0.39 is 60.4 Å². The summed E-state index contributed by atoms with van der Waals surface area (Å²) in [5, 5.41) is 11.6. The van der Waals surface area contributed by atoms with Gasteiger partial charge >= 0.3 is 0 Å². The average molecular weight is 749 g/mol. The van der Waals surface area contributed by atoms with Gasteiger partial charge in [-0.15, -0.1) is 11.3 Å². The molecule has 0 unspecified atom stereocenters. The van der Waals surface area contributed by atoms with E-state index in [1.54, 1.807) is 29.5 Å². The van der Waals surface area contributed by atoms with Crippen LogP contribution in [-0.4, -0.2) is 8.80 Å². The van der Waals surface area contributed by atoms with Gasteiger partial charge in [0.25, 0.3) is 0 Å². The predicted octanol–water partition coefficient (Wildman–Crippen LogP) is 15.4. The van der Waals surface area contributed by atoms with Crippen molar-refractivity contribution in [3.63, 3.8) is 0 Å². The van der Waals surface area contributed by atoms with Gasteiger partial charge < -0.3 is 8.80 Å². The molecule has 0 radical (unpaired) electrons. The summed E-state index contributed by atoms with van der Waals surface area (Å²) in [4.78, 5) is 0. The van der Waals surface area contributed by atoms with Crippen LogP contribution in [0.2, 0.25) is 0 Å². The van der Waals surface area contributed by atoms with Gasteiger partial charge in [0.15, 0.2) is 0 Å². The number of hydrogen-bond acceptors (Lipinski definition) is 1. The van der Waals surface area contributed by atoms with Gasteiger partial charge in [0.2, 0.25) is 0 Å². The Bertz CT molecular complexity index is 4440. The fourth-order valence-corrected chi connectivity index (χ4v) is 11.0. The van der Waals surface area contributed by atoms with Crippen LogP contribution in [-0.2, 0) is 0 Å². The summed E-state index contributed by atoms with van der Waals surface area (Å²) in [6, 6.07) is 37.3. The van der Waals surface area contributed by atoms with Crippen molar-refractivity contribution >= 4 is 108 Å². The molecule has 0 bridgehead atoms. The normalized spacial score (nSPS) is 15.0. The number of para-hydroxylation sites is 2. The van der Waals surface area contributed by atoms with Gasteiger partial charge in [0.05, 0.1) is 46.8 Å². The van der Waals surface area contributed by atoms with E-state index in [2.05, 4.69) is 106 Å². The van der Waals surface area contributed by atoms with Gasteiger partial charge in [-0.25, -0.2) is 0 Å². The molecule has 5 aromatic heterocycles. The smallest absolute Gasteiger partial charge is 0.0635 e. The number of rotatable bonds is 3. The van der Waals surface area contributed by atoms with E-state index in [9.17, 15) is 0 Å². The van der Waals surface area contributed by atoms with Gasteiger partial charge in [-0.05, 0) is 88.0 Å². The van der Waals surface area contributed by atoms with E-state index in [4.69, 9.17) is 13.7 Å². The second kappa shape index (κ2) is 10.8. The molecule has 14 aromatic rings. The third-order valence-corrected chi connectivity index (χ3v) is 13.3. The number of fused-ring (bicyclic) bond motifs is 16. The van der Waals surface area contributed by atoms with Crippen molar-refractivity contribution in [1.29, 1.82) is 0 Å². The highest BCUT2D eigenvalue weighted by Crippen LogP contribution is 2.50. The van der Waals surface area contributed by atoms with Crippen molar-refractivity contribution in [3.05, 3.63) is 182 Å². The highest BCUT2D eigenvalue weighted by Gasteiger charge is 2.25. The van der Waals surface area contributed by atoms with Crippen molar-refractivity contribution in [2.75, 3.05) is 0 Å². The summed E-state index contributed by atoms with van der Waals surface area (Å²) in [6.45, 7) is 0. The van der Waals surface area contributed by atoms with Crippen molar-refractivity contribution in [2.45, 2.75) is 0 Å². The fraction of sp³-hybridized carbons (Fsp3) is 0. The molecule has 0 aliphatic rings. The number of nitrogens with zero attached hydrogens (tertiary/aromatic N) is 2. The second-order valence-electron chi connectivity index (χ2n) is 14.9. The minimum atomic E-state index is -0.527. The first-order valence-corrected chi connectivity index (χ1v) is 19.7. The summed E-state index contributed by atoms with van der Waals surface area (Å²) < 4.78 is 93.5. The molecule has 0 aliphatic carbocycles. The minimum absolute atomic E-state index is 0.0533. The number of hydrogen-bond donors (Lipinski definition) is 0. The van der Waals surface area contributed by atoms with Crippen molar-refractivity contribution in [3.8, 4) is 33.4 Å². The lowest BCUT2D eigenvalue weighted by Gasteiger charge is -2.12. The first-order chi connectivity index (χ1) is 32.4. The molecular weight excluding hydrogens is 709 g/mol. The van der Waals surface area contributed by atoms with Crippen molar-refractivity contribution < 1.29 is 13.7 Å². The lowest BCUT2D eigenvalue weighted by Crippen LogP contribution is -1.87. The average Bonchev–Trinajstić information content (AvgIpc) is 4.14. The maximum absolute atomic E-state index is 8.93. The summed E-state index contributed by atoms with van der Waals surface area (Å²) in [7, 11) is 0. The molecule has 0 atom stereocenters. The molecular formula is C54H30N2S. The fourth-order valence-electron chi connectivity index (χ4n) is 9.75. The summed E-state index contributed by atoms with van der Waals surface area (Å²) in [6.07, 6.45) is 0. The Balaban J connectivity index is 1.12. The van der Waals surface area contributed by atoms with E-state index in [0.717, 1.165) is 60.1 Å². The lowest BCUT2D eigenvalue weighted by molar-refractivity contribution is 1.36. The molecule has 2 nitrogen and oxygen atoms in total. The molecule has 0 saturated heterocycles. The molecule has 0 amide bonds. The van der Waals surface area contributed by atoms with Gasteiger partial charge in [0.1, 0.15) is 0 Å². The van der Waals surface area contributed by atoms with E-state index in [1.807, 2.05) is 6.07 Å². The minimum Gasteiger partial charge on any atom is -0.308 e. The Morgan fingerprint density at radius 1 is 0.351 bits per heavy atom. The molecule has 262 valence electrons. The van der Waals surface area contributed by atoms with Crippen LogP contribution >= 0.6 is 11.3 Å². The van der Waals surface area contributed by atoms with Crippen LogP contribution in [0.1, 0.15) is 13.7 Å². The van der Waals surface area contributed by atoms with Crippen LogP contribution in [0, 0.1) is 0 Å². The van der Waals surface area contributed by atoms with Gasteiger partial charge in [0, 0.05) is 63.3 Å². The maximum Gasteiger partial charge on any atom is 0.0635 e. The largest absolute Gasteiger partial charge is 0.308 e. The van der Waals surface area contributed by atoms with Crippen LogP contribution in [0.25, 0.3) is 130 Å². The Labute approximate surface area is 344 Å². The van der Waals surface area contributed by atoms with Gasteiger partial charge in [-0.2, -0.15) is 0 Å². The maximum atomic E-state index is 8.93. The predicted molar refractivity (Wildman–Crippen MR) is 245 cm³/mol. The first kappa shape index (κ1) is 22.4. The van der Waals surface area contributed by atoms with Gasteiger partial charge in [-0.1, -0.05) is 127 Å². The Kier molecular flexibility index (Phi) is 4.22. The third-order valence-electron chi connectivity index (χ3n) is 12.1. The number of benzene rings is 9. The second-order valence-corrected chi connectivity index (χ2v) is 16.0. The zero-order valence-electron chi connectivity index (χ0n) is 39.8. The van der Waals surface area contributed by atoms with E-state index in [0.29, 0.717) is 5.56 Å². The SMILES string of the molecule is [2H]c1c([2H])c([2H])c(-c2cc(-c3ccc4c5c6sc7ccccc7c6cc6c7cc8c(cc7n(c4c3)c65)c3cccc4c5ccccc5n8c43)cc(-c3c([2H])c([2H])c([2H])c([2H])c3[2H])c2)c([2H])c1[2H]. The van der Waals surface area contributed by atoms with E-state index >= 15 is 0 Å². The van der Waals surface area contributed by atoms with Crippen LogP contribution in [0.4, 0.5) is 0 Å². The third kappa shape index (κ3) is 3.89. The topological polar surface area (TPSA) is 8.82 Å². The molecule has 14 rings (SSSR count). The van der Waals surface area contributed by atoms with E-state index in [1.165, 1.54) is 41.8 Å². The standard InChI is InChI=1S/C54H30N2S/c1-3-12-31(13-4-1)34-24-35(32-14-5-2-6-15-32)26-36(25-34)33-22-23-41-47(27-33)56-49-29-42-40-19-11-18-39-37-16-7-9-20-46(37)55(52(39)40)48(42)30-43(49)44-28-45-38-17-8-10-21-50(38)57-54(45)51(41)53(44)56/h1-30H/i1D,2D,3D,4D,5D,6D,12D,13D,14D,15D. The quantitative estimate of drug-likeness (QED) is 0.170. The monoisotopic (exact) mass is 748 g/mol. The molecule has 0 spiro atoms. The van der Waals surface area contributed by atoms with Crippen LogP contribution in [0.3, 0.4) is 0 Å². The Hall–Kier alpha value is -7.20. The first-order valence-electron chi connectivity index (χ1n) is 23.9. The number of aromatic nitrogens is 2. The summed E-state index contributed by atoms with van der Waals surface area (Å²) in [5.74, 6) is 0. The van der Waals surface area contributed by atoms with Crippen LogP contribution in [0.5, 0.6) is 0 Å². The summed E-state index contributed by atoms with van der Waals surface area (Å²) >= 11 is 1.78. The van der Waals surface area contributed by atoms with E-state index in [-0.39, 0.29) is 22.3 Å². The zero-order valence-corrected chi connectivity index (χ0v) is 30.7. The van der Waals surface area contributed by atoms with Gasteiger partial charge in [-0.3, -0.25) is 0 Å². The van der Waals surface area contributed by atoms with Crippen LogP contribution in [0.15, 0.2) is 182 Å². The molecule has 0 N–H and O–H groups in total. The molecule has 0 saturated carbocycles. The van der Waals surface area contributed by atoms with Crippen molar-refractivity contribution in [2.24, 2.45) is 0 Å². The Morgan fingerprint density at radius 3 is 1.67 bits per heavy atom. The van der Waals surface area contributed by atoms with Crippen LogP contribution < -0.4 is 0 Å². The zero-order chi connectivity index (χ0) is 45.6. The van der Waals surface area contributed by atoms with Crippen molar-refractivity contribution in [1.82, 2.24) is 8.80 Å². The molecule has 0 aliphatic heterocycles. The Morgan fingerprint density at radius 2 is 0.930 bits per heavy atom. The molecule has 3 heteroatoms. The number of thiophene rings is 1. The highest BCUT2D eigenvalue weighted by molar-refractivity contribution is 7.26. The molecule has 57 heavy (non-hydrogen) atoms. The molecule has 5 heterocycles. The summed E-state index contributed by atoms with van der Waals surface area (Å²) in [5.41, 5.74) is 8.28. The lowest BCUT2D eigenvalue weighted by atomic mass is 9.93. The highest BCUT2D eigenvalue weighted by atomic mass is 32.1.